The summed E-state index contributed by atoms with van der Waals surface area (Å²) >= 11 is -1.51. The molecule has 4 aliphatic carbocycles. The second-order valence-corrected chi connectivity index (χ2v) is 22.7. The summed E-state index contributed by atoms with van der Waals surface area (Å²) in [6.45, 7) is 0. The first-order valence-electron chi connectivity index (χ1n) is 20.5. The van der Waals surface area contributed by atoms with Gasteiger partial charge in [0.1, 0.15) is 13.1 Å². The van der Waals surface area contributed by atoms with Gasteiger partial charge in [-0.25, -0.2) is 0 Å². The smallest absolute Gasteiger partial charge is 0.191 e. The van der Waals surface area contributed by atoms with E-state index in [9.17, 15) is 0 Å². The molecule has 0 bridgehead atoms. The molecule has 0 heterocycles. The van der Waals surface area contributed by atoms with E-state index in [-0.39, 0.29) is 18.9 Å². The zero-order chi connectivity index (χ0) is 28.3. The molecule has 0 radical (unpaired) electrons. The maximum absolute atomic E-state index is 1.75. The van der Waals surface area contributed by atoms with Crippen LogP contribution in [0.15, 0.2) is 0 Å². The molecule has 0 atom stereocenters. The zero-order valence-electron chi connectivity index (χ0n) is 29.3. The Labute approximate surface area is 280 Å². The van der Waals surface area contributed by atoms with Gasteiger partial charge < -0.3 is 0 Å². The molecule has 0 spiro atoms. The third-order valence-electron chi connectivity index (χ3n) is 13.6. The van der Waals surface area contributed by atoms with Gasteiger partial charge in [0.25, 0.3) is 0 Å². The van der Waals surface area contributed by atoms with E-state index >= 15 is 0 Å². The fourth-order valence-electron chi connectivity index (χ4n) is 10.8. The predicted octanol–water partition coefficient (Wildman–Crippen LogP) is 11.4. The third kappa shape index (κ3) is 15.6. The van der Waals surface area contributed by atoms with Crippen molar-refractivity contribution in [1.82, 2.24) is 0 Å². The maximum atomic E-state index is 1.75. The van der Waals surface area contributed by atoms with E-state index in [0.29, 0.717) is 0 Å². The van der Waals surface area contributed by atoms with Crippen LogP contribution in [0.2, 0.25) is 21.1 Å². The van der Waals surface area contributed by atoms with E-state index in [2.05, 4.69) is 0 Å². The molecule has 4 aliphatic rings. The van der Waals surface area contributed by atoms with Crippen LogP contribution in [-0.4, -0.2) is 13.1 Å². The fourth-order valence-corrected chi connectivity index (χ4v) is 17.2. The summed E-state index contributed by atoms with van der Waals surface area (Å²) in [5.41, 5.74) is 0. The fraction of sp³-hybridized carbons (Fsp3) is 1.00. The second kappa shape index (κ2) is 23.4. The maximum Gasteiger partial charge on any atom is 1.00 e. The quantitative estimate of drug-likeness (QED) is 0.0977. The van der Waals surface area contributed by atoms with Crippen LogP contribution in [-0.2, 0) is 0 Å². The number of hydrogen-bond donors (Lipinski definition) is 0. The minimum Gasteiger partial charge on any atom is -0.191 e. The van der Waals surface area contributed by atoms with Crippen LogP contribution in [0, 0.1) is 23.7 Å². The number of hydrogen-bond acceptors (Lipinski definition) is 0. The minimum atomic E-state index is -1.51. The standard InChI is InChI=1S/4C10H19.Al.Li/c4*1-2-3-7-10-8-5-4-6-9-10;;/h4*10H,1-9H2;;/q;;;;-1;+1. The third-order valence-corrected chi connectivity index (χ3v) is 20.1. The first-order chi connectivity index (χ1) is 20.3. The average molecular weight is 591 g/mol. The Bertz CT molecular complexity index is 500. The molecule has 0 nitrogen and oxygen atoms in total. The van der Waals surface area contributed by atoms with Crippen molar-refractivity contribution in [2.24, 2.45) is 23.7 Å². The minimum absolute atomic E-state index is 0. The molecule has 0 aromatic rings. The SMILES string of the molecule is C1CCC(CCC[CH2][Al-]([CH2]CCCC2CCCCC2)([CH2]CCCC2CCCCC2)[CH2]CCCC2CCCCC2)CC1.[Li+]. The molecule has 0 N–H and O–H groups in total. The summed E-state index contributed by atoms with van der Waals surface area (Å²) in [5.74, 6) is 4.41. The van der Waals surface area contributed by atoms with Gasteiger partial charge in [-0.1, -0.05) is 205 Å². The largest absolute Gasteiger partial charge is 1.00 e. The predicted molar refractivity (Wildman–Crippen MR) is 187 cm³/mol. The van der Waals surface area contributed by atoms with Crippen molar-refractivity contribution >= 4 is 13.1 Å². The van der Waals surface area contributed by atoms with Crippen LogP contribution in [0.3, 0.4) is 0 Å². The van der Waals surface area contributed by atoms with Crippen molar-refractivity contribution in [2.75, 3.05) is 0 Å². The summed E-state index contributed by atoms with van der Waals surface area (Å²) in [4.78, 5) is 0. The van der Waals surface area contributed by atoms with E-state index in [1.807, 2.05) is 0 Å². The van der Waals surface area contributed by atoms with Gasteiger partial charge in [-0.05, 0) is 23.7 Å². The Morgan fingerprint density at radius 1 is 0.286 bits per heavy atom. The van der Waals surface area contributed by atoms with Crippen LogP contribution in [0.5, 0.6) is 0 Å². The summed E-state index contributed by atoms with van der Waals surface area (Å²) in [5, 5.41) is 6.98. The van der Waals surface area contributed by atoms with Crippen LogP contribution in [0.1, 0.15) is 205 Å². The molecule has 0 saturated heterocycles. The second-order valence-electron chi connectivity index (χ2n) is 16.9. The van der Waals surface area contributed by atoms with Gasteiger partial charge in [-0.2, -0.15) is 21.1 Å². The van der Waals surface area contributed by atoms with E-state index in [1.54, 1.807) is 150 Å². The molecule has 0 amide bonds. The molecular formula is C40H76AlLi. The molecule has 4 fully saturated rings. The van der Waals surface area contributed by atoms with E-state index in [0.717, 1.165) is 23.7 Å². The van der Waals surface area contributed by atoms with Crippen molar-refractivity contribution in [1.29, 1.82) is 0 Å². The van der Waals surface area contributed by atoms with Gasteiger partial charge in [0, 0.05) is 0 Å². The van der Waals surface area contributed by atoms with Crippen molar-refractivity contribution in [3.8, 4) is 0 Å². The Hall–Kier alpha value is 1.13. The normalized spacial score (nSPS) is 22.3. The molecule has 0 aromatic heterocycles. The Morgan fingerprint density at radius 2 is 0.500 bits per heavy atom. The van der Waals surface area contributed by atoms with E-state index in [1.165, 1.54) is 77.0 Å². The Morgan fingerprint density at radius 3 is 0.714 bits per heavy atom. The van der Waals surface area contributed by atoms with Crippen LogP contribution in [0.4, 0.5) is 0 Å². The van der Waals surface area contributed by atoms with Crippen LogP contribution < -0.4 is 18.9 Å². The molecule has 240 valence electrons. The van der Waals surface area contributed by atoms with Crippen molar-refractivity contribution in [3.63, 3.8) is 0 Å². The first kappa shape index (κ1) is 37.6. The Balaban J connectivity index is 0.00000484. The first-order valence-corrected chi connectivity index (χ1v) is 23.8. The van der Waals surface area contributed by atoms with E-state index < -0.39 is 13.1 Å². The molecule has 4 rings (SSSR count). The van der Waals surface area contributed by atoms with Crippen LogP contribution >= 0.6 is 0 Å². The summed E-state index contributed by atoms with van der Waals surface area (Å²) < 4.78 is 0. The molecule has 0 unspecified atom stereocenters. The molecule has 4 saturated carbocycles. The van der Waals surface area contributed by atoms with Gasteiger partial charge in [0.15, 0.2) is 0 Å². The van der Waals surface area contributed by atoms with Crippen molar-refractivity contribution in [2.45, 2.75) is 227 Å². The molecule has 0 aromatic carbocycles. The monoisotopic (exact) mass is 591 g/mol. The Kier molecular flexibility index (Phi) is 21.0. The van der Waals surface area contributed by atoms with Crippen molar-refractivity contribution in [3.05, 3.63) is 0 Å². The van der Waals surface area contributed by atoms with Gasteiger partial charge in [-0.15, -0.1) is 0 Å². The molecule has 2 heteroatoms. The van der Waals surface area contributed by atoms with Gasteiger partial charge in [0.05, 0.1) is 0 Å². The van der Waals surface area contributed by atoms with Crippen molar-refractivity contribution < 1.29 is 18.9 Å². The average Bonchev–Trinajstić information content (AvgIpc) is 3.04. The van der Waals surface area contributed by atoms with Gasteiger partial charge in [-0.3, -0.25) is 0 Å². The summed E-state index contributed by atoms with van der Waals surface area (Å²) in [7, 11) is 0. The summed E-state index contributed by atoms with van der Waals surface area (Å²) in [6, 6.07) is 0. The number of rotatable bonds is 20. The van der Waals surface area contributed by atoms with E-state index in [4.69, 9.17) is 0 Å². The number of unbranched alkanes of at least 4 members (excludes halogenated alkanes) is 4. The van der Waals surface area contributed by atoms with Gasteiger partial charge in [0.2, 0.25) is 0 Å². The topological polar surface area (TPSA) is 0 Å². The van der Waals surface area contributed by atoms with Crippen LogP contribution in [0.25, 0.3) is 0 Å². The molecule has 0 aliphatic heterocycles. The van der Waals surface area contributed by atoms with Gasteiger partial charge >= 0.3 is 18.9 Å². The summed E-state index contributed by atoms with van der Waals surface area (Å²) in [6.07, 6.45) is 50.0. The molecular weight excluding hydrogens is 514 g/mol. The zero-order valence-corrected chi connectivity index (χ0v) is 30.5. The molecule has 42 heavy (non-hydrogen) atoms.